The molecule has 4 rings (SSSR count). The van der Waals surface area contributed by atoms with Crippen LogP contribution in [0.25, 0.3) is 0 Å². The third kappa shape index (κ3) is 4.45. The van der Waals surface area contributed by atoms with E-state index in [1.807, 2.05) is 0 Å². The number of piperazine rings is 1. The molecule has 10 nitrogen and oxygen atoms in total. The Bertz CT molecular complexity index is 1130. The zero-order valence-corrected chi connectivity index (χ0v) is 18.2. The van der Waals surface area contributed by atoms with Gasteiger partial charge in [-0.15, -0.1) is 0 Å². The summed E-state index contributed by atoms with van der Waals surface area (Å²) < 4.78 is 15.9. The molecule has 2 aliphatic heterocycles. The summed E-state index contributed by atoms with van der Waals surface area (Å²) >= 11 is 0. The van der Waals surface area contributed by atoms with Crippen LogP contribution in [0.2, 0.25) is 0 Å². The molecule has 0 spiro atoms. The SMILES string of the molecule is COc1ccc2c(c1OC)C(=O)O[C@@H]2CC(=O)Nc1cccc(C(=O)N2CCNC(=O)C2)c1. The van der Waals surface area contributed by atoms with Crippen molar-refractivity contribution in [1.29, 1.82) is 0 Å². The second-order valence-electron chi connectivity index (χ2n) is 7.57. The van der Waals surface area contributed by atoms with Gasteiger partial charge in [-0.2, -0.15) is 0 Å². The monoisotopic (exact) mass is 453 g/mol. The van der Waals surface area contributed by atoms with Crippen molar-refractivity contribution in [2.45, 2.75) is 12.5 Å². The highest BCUT2D eigenvalue weighted by Gasteiger charge is 2.37. The molecule has 1 fully saturated rings. The first-order chi connectivity index (χ1) is 15.9. The molecule has 33 heavy (non-hydrogen) atoms. The van der Waals surface area contributed by atoms with Crippen molar-refractivity contribution in [2.75, 3.05) is 39.2 Å². The van der Waals surface area contributed by atoms with E-state index < -0.39 is 18.0 Å². The van der Waals surface area contributed by atoms with Crippen LogP contribution in [0.15, 0.2) is 36.4 Å². The minimum atomic E-state index is -0.774. The molecule has 2 heterocycles. The highest BCUT2D eigenvalue weighted by atomic mass is 16.6. The number of esters is 1. The highest BCUT2D eigenvalue weighted by molar-refractivity contribution is 6.01. The van der Waals surface area contributed by atoms with Crippen LogP contribution in [0.4, 0.5) is 5.69 Å². The summed E-state index contributed by atoms with van der Waals surface area (Å²) in [5.74, 6) is -0.819. The van der Waals surface area contributed by atoms with Gasteiger partial charge in [0.2, 0.25) is 11.8 Å². The summed E-state index contributed by atoms with van der Waals surface area (Å²) in [6.07, 6.45) is -0.886. The molecule has 0 radical (unpaired) electrons. The fourth-order valence-corrected chi connectivity index (χ4v) is 3.93. The Morgan fingerprint density at radius 1 is 1.18 bits per heavy atom. The van der Waals surface area contributed by atoms with E-state index in [0.29, 0.717) is 35.7 Å². The van der Waals surface area contributed by atoms with Crippen LogP contribution in [-0.2, 0) is 14.3 Å². The Hall–Kier alpha value is -4.08. The molecule has 0 unspecified atom stereocenters. The smallest absolute Gasteiger partial charge is 0.343 e. The van der Waals surface area contributed by atoms with Crippen molar-refractivity contribution >= 4 is 29.4 Å². The Morgan fingerprint density at radius 3 is 2.73 bits per heavy atom. The molecule has 10 heteroatoms. The van der Waals surface area contributed by atoms with Crippen LogP contribution < -0.4 is 20.1 Å². The number of hydrogen-bond donors (Lipinski definition) is 2. The molecule has 2 aromatic rings. The molecule has 0 saturated carbocycles. The van der Waals surface area contributed by atoms with Gasteiger partial charge in [0.1, 0.15) is 11.7 Å². The lowest BCUT2D eigenvalue weighted by Crippen LogP contribution is -2.49. The first-order valence-corrected chi connectivity index (χ1v) is 10.3. The number of nitrogens with one attached hydrogen (secondary N) is 2. The number of carbonyl (C=O) groups is 4. The number of hydrogen-bond acceptors (Lipinski definition) is 7. The van der Waals surface area contributed by atoms with E-state index in [-0.39, 0.29) is 36.1 Å². The van der Waals surface area contributed by atoms with Gasteiger partial charge in [-0.1, -0.05) is 12.1 Å². The predicted octanol–water partition coefficient (Wildman–Crippen LogP) is 1.52. The number of carbonyl (C=O) groups excluding carboxylic acids is 4. The topological polar surface area (TPSA) is 123 Å². The third-order valence-electron chi connectivity index (χ3n) is 5.47. The first-order valence-electron chi connectivity index (χ1n) is 10.3. The maximum absolute atomic E-state index is 12.7. The first kappa shape index (κ1) is 22.1. The summed E-state index contributed by atoms with van der Waals surface area (Å²) in [6.45, 7) is 0.817. The zero-order chi connectivity index (χ0) is 23.5. The number of rotatable bonds is 6. The summed E-state index contributed by atoms with van der Waals surface area (Å²) in [5.41, 5.74) is 1.56. The second-order valence-corrected chi connectivity index (χ2v) is 7.57. The minimum absolute atomic E-state index is 0.00384. The fourth-order valence-electron chi connectivity index (χ4n) is 3.93. The number of methoxy groups -OCH3 is 2. The van der Waals surface area contributed by atoms with Gasteiger partial charge < -0.3 is 29.7 Å². The van der Waals surface area contributed by atoms with Crippen LogP contribution in [-0.4, -0.2) is 62.4 Å². The lowest BCUT2D eigenvalue weighted by Gasteiger charge is -2.26. The summed E-state index contributed by atoms with van der Waals surface area (Å²) in [5, 5.41) is 5.41. The van der Waals surface area contributed by atoms with E-state index in [9.17, 15) is 19.2 Å². The fraction of sp³-hybridized carbons (Fsp3) is 0.304. The largest absolute Gasteiger partial charge is 0.493 e. The summed E-state index contributed by atoms with van der Waals surface area (Å²) in [6, 6.07) is 9.80. The molecule has 1 atom stereocenters. The van der Waals surface area contributed by atoms with E-state index >= 15 is 0 Å². The zero-order valence-electron chi connectivity index (χ0n) is 18.2. The van der Waals surface area contributed by atoms with Gasteiger partial charge in [0.25, 0.3) is 5.91 Å². The van der Waals surface area contributed by atoms with E-state index in [1.54, 1.807) is 36.4 Å². The van der Waals surface area contributed by atoms with Gasteiger partial charge in [0.15, 0.2) is 11.5 Å². The molecule has 0 aliphatic carbocycles. The van der Waals surface area contributed by atoms with Gasteiger partial charge in [-0.3, -0.25) is 14.4 Å². The third-order valence-corrected chi connectivity index (χ3v) is 5.47. The van der Waals surface area contributed by atoms with Gasteiger partial charge in [0, 0.05) is 29.9 Å². The maximum Gasteiger partial charge on any atom is 0.343 e. The van der Waals surface area contributed by atoms with Crippen LogP contribution in [0.3, 0.4) is 0 Å². The lowest BCUT2D eigenvalue weighted by atomic mass is 10.0. The summed E-state index contributed by atoms with van der Waals surface area (Å²) in [4.78, 5) is 50.8. The van der Waals surface area contributed by atoms with Crippen molar-refractivity contribution in [3.05, 3.63) is 53.1 Å². The van der Waals surface area contributed by atoms with Crippen molar-refractivity contribution in [3.8, 4) is 11.5 Å². The minimum Gasteiger partial charge on any atom is -0.493 e. The number of amides is 3. The molecular weight excluding hydrogens is 430 g/mol. The van der Waals surface area contributed by atoms with Crippen molar-refractivity contribution in [1.82, 2.24) is 10.2 Å². The molecule has 0 bridgehead atoms. The predicted molar refractivity (Wildman–Crippen MR) is 116 cm³/mol. The number of anilines is 1. The Kier molecular flexibility index (Phi) is 6.16. The van der Waals surface area contributed by atoms with Crippen molar-refractivity contribution in [2.24, 2.45) is 0 Å². The lowest BCUT2D eigenvalue weighted by molar-refractivity contribution is -0.123. The molecule has 0 aromatic heterocycles. The average Bonchev–Trinajstić information content (AvgIpc) is 3.13. The van der Waals surface area contributed by atoms with E-state index in [1.165, 1.54) is 19.1 Å². The highest BCUT2D eigenvalue weighted by Crippen LogP contribution is 2.43. The van der Waals surface area contributed by atoms with Crippen molar-refractivity contribution < 1.29 is 33.4 Å². The second kappa shape index (κ2) is 9.19. The van der Waals surface area contributed by atoms with Crippen LogP contribution in [0.1, 0.15) is 38.8 Å². The molecule has 3 amide bonds. The molecule has 1 saturated heterocycles. The molecule has 172 valence electrons. The molecular formula is C23H23N3O7. The van der Waals surface area contributed by atoms with Gasteiger partial charge in [-0.25, -0.2) is 4.79 Å². The van der Waals surface area contributed by atoms with E-state index in [4.69, 9.17) is 14.2 Å². The van der Waals surface area contributed by atoms with Crippen LogP contribution >= 0.6 is 0 Å². The molecule has 2 aromatic carbocycles. The maximum atomic E-state index is 12.7. The van der Waals surface area contributed by atoms with E-state index in [0.717, 1.165) is 0 Å². The number of cyclic esters (lactones) is 1. The number of fused-ring (bicyclic) bond motifs is 1. The Labute approximate surface area is 189 Å². The average molecular weight is 453 g/mol. The van der Waals surface area contributed by atoms with Crippen molar-refractivity contribution in [3.63, 3.8) is 0 Å². The summed E-state index contributed by atoms with van der Waals surface area (Å²) in [7, 11) is 2.89. The quantitative estimate of drug-likeness (QED) is 0.636. The van der Waals surface area contributed by atoms with Crippen LogP contribution in [0.5, 0.6) is 11.5 Å². The van der Waals surface area contributed by atoms with Gasteiger partial charge in [-0.05, 0) is 24.3 Å². The van der Waals surface area contributed by atoms with E-state index in [2.05, 4.69) is 10.6 Å². The number of ether oxygens (including phenoxy) is 3. The van der Waals surface area contributed by atoms with Gasteiger partial charge >= 0.3 is 5.97 Å². The molecule has 2 N–H and O–H groups in total. The van der Waals surface area contributed by atoms with Crippen LogP contribution in [0, 0.1) is 0 Å². The standard InChI is InChI=1S/C23H23N3O7/c1-31-16-7-6-15-17(33-23(30)20(15)21(16)32-2)11-18(27)25-14-5-3-4-13(10-14)22(29)26-9-8-24-19(28)12-26/h3-7,10,17H,8-9,11-12H2,1-2H3,(H,24,28)(H,25,27)/t17-/m1/s1. The number of benzene rings is 2. The normalized spacial score (nSPS) is 17.0. The Balaban J connectivity index is 1.45. The van der Waals surface area contributed by atoms with Gasteiger partial charge in [0.05, 0.1) is 27.2 Å². The number of nitrogens with zero attached hydrogens (tertiary/aromatic N) is 1. The molecule has 2 aliphatic rings. The Morgan fingerprint density at radius 2 is 2.00 bits per heavy atom.